The Morgan fingerprint density at radius 3 is 2.27 bits per heavy atom. The summed E-state index contributed by atoms with van der Waals surface area (Å²) in [7, 11) is -1.34. The van der Waals surface area contributed by atoms with Crippen molar-refractivity contribution in [3.8, 4) is 0 Å². The van der Waals surface area contributed by atoms with Crippen molar-refractivity contribution in [1.29, 1.82) is 0 Å². The van der Waals surface area contributed by atoms with Gasteiger partial charge >= 0.3 is 0 Å². The van der Waals surface area contributed by atoms with Gasteiger partial charge in [-0.25, -0.2) is 0 Å². The molecule has 0 aliphatic heterocycles. The summed E-state index contributed by atoms with van der Waals surface area (Å²) in [5.41, 5.74) is 5.88. The molecule has 0 unspecified atom stereocenters. The second kappa shape index (κ2) is 3.25. The van der Waals surface area contributed by atoms with Gasteiger partial charge in [-0.1, -0.05) is 0 Å². The predicted octanol–water partition coefficient (Wildman–Crippen LogP) is 1.72. The van der Waals surface area contributed by atoms with Gasteiger partial charge in [-0.2, -0.15) is 0 Å². The molecule has 0 radical (unpaired) electrons. The first-order valence-electron chi connectivity index (χ1n) is 4.42. The number of hydrogen-bond acceptors (Lipinski definition) is 2. The van der Waals surface area contributed by atoms with Crippen molar-refractivity contribution in [2.75, 3.05) is 0 Å². The second-order valence-electron chi connectivity index (χ2n) is 4.36. The zero-order chi connectivity index (χ0) is 8.48. The quantitative estimate of drug-likeness (QED) is 0.645. The molecule has 0 aromatic heterocycles. The van der Waals surface area contributed by atoms with Gasteiger partial charge in [-0.3, -0.25) is 0 Å². The van der Waals surface area contributed by atoms with E-state index in [0.29, 0.717) is 12.1 Å². The van der Waals surface area contributed by atoms with Crippen LogP contribution in [0.25, 0.3) is 0 Å². The van der Waals surface area contributed by atoms with Crippen molar-refractivity contribution in [3.63, 3.8) is 0 Å². The Labute approximate surface area is 70.2 Å². The van der Waals surface area contributed by atoms with Crippen LogP contribution in [0.3, 0.4) is 0 Å². The molecule has 0 spiro atoms. The lowest BCUT2D eigenvalue weighted by Gasteiger charge is -2.25. The topological polar surface area (TPSA) is 35.2 Å². The molecular weight excluding hydrogens is 154 g/mol. The van der Waals surface area contributed by atoms with E-state index in [4.69, 9.17) is 10.2 Å². The van der Waals surface area contributed by atoms with Crippen LogP contribution in [0.2, 0.25) is 19.6 Å². The van der Waals surface area contributed by atoms with Crippen molar-refractivity contribution in [1.82, 2.24) is 0 Å². The van der Waals surface area contributed by atoms with Crippen LogP contribution in [0.5, 0.6) is 0 Å². The summed E-state index contributed by atoms with van der Waals surface area (Å²) in [5.74, 6) is 0. The molecule has 0 aromatic carbocycles. The first-order chi connectivity index (χ1) is 4.99. The lowest BCUT2D eigenvalue weighted by atomic mass is 10.2. The maximum Gasteiger partial charge on any atom is 0.184 e. The Morgan fingerprint density at radius 2 is 1.91 bits per heavy atom. The molecule has 1 saturated carbocycles. The molecule has 0 heterocycles. The summed E-state index contributed by atoms with van der Waals surface area (Å²) in [5, 5.41) is 0. The molecule has 66 valence electrons. The maximum absolute atomic E-state index is 5.92. The van der Waals surface area contributed by atoms with E-state index in [2.05, 4.69) is 19.6 Å². The van der Waals surface area contributed by atoms with E-state index in [1.165, 1.54) is 12.8 Å². The van der Waals surface area contributed by atoms with E-state index >= 15 is 0 Å². The zero-order valence-electron chi connectivity index (χ0n) is 7.76. The lowest BCUT2D eigenvalue weighted by molar-refractivity contribution is 0.184. The molecule has 3 heteroatoms. The van der Waals surface area contributed by atoms with Gasteiger partial charge < -0.3 is 10.2 Å². The Kier molecular flexibility index (Phi) is 2.73. The molecule has 1 fully saturated rings. The first kappa shape index (κ1) is 9.23. The molecule has 1 rings (SSSR count). The van der Waals surface area contributed by atoms with Crippen LogP contribution in [0.4, 0.5) is 0 Å². The smallest absolute Gasteiger partial charge is 0.184 e. The highest BCUT2D eigenvalue weighted by molar-refractivity contribution is 6.69. The number of nitrogens with two attached hydrogens (primary N) is 1. The summed E-state index contributed by atoms with van der Waals surface area (Å²) in [6, 6.07) is 0.307. The standard InChI is InChI=1S/C8H19NOSi/c1-11(2,3)10-8-6-4-5-7(8)9/h7-8H,4-6,9H2,1-3H3/t7-,8+/m0/s1. The molecule has 1 aliphatic rings. The van der Waals surface area contributed by atoms with Crippen molar-refractivity contribution in [2.45, 2.75) is 51.0 Å². The van der Waals surface area contributed by atoms with E-state index in [9.17, 15) is 0 Å². The van der Waals surface area contributed by atoms with E-state index in [1.54, 1.807) is 0 Å². The normalized spacial score (nSPS) is 32.7. The molecule has 0 bridgehead atoms. The van der Waals surface area contributed by atoms with Crippen molar-refractivity contribution in [2.24, 2.45) is 5.73 Å². The van der Waals surface area contributed by atoms with Crippen molar-refractivity contribution in [3.05, 3.63) is 0 Å². The van der Waals surface area contributed by atoms with Crippen LogP contribution in [0, 0.1) is 0 Å². The van der Waals surface area contributed by atoms with E-state index in [-0.39, 0.29) is 0 Å². The predicted molar refractivity (Wildman–Crippen MR) is 50.0 cm³/mol. The SMILES string of the molecule is C[Si](C)(C)O[C@@H]1CCC[C@@H]1N. The fourth-order valence-corrected chi connectivity index (χ4v) is 2.76. The Morgan fingerprint density at radius 1 is 1.27 bits per heavy atom. The van der Waals surface area contributed by atoms with Crippen LogP contribution in [-0.4, -0.2) is 20.5 Å². The second-order valence-corrected chi connectivity index (χ2v) is 8.82. The van der Waals surface area contributed by atoms with Gasteiger partial charge in [0.1, 0.15) is 0 Å². The van der Waals surface area contributed by atoms with E-state index < -0.39 is 8.32 Å². The minimum absolute atomic E-state index is 0.307. The third-order valence-electron chi connectivity index (χ3n) is 2.01. The minimum atomic E-state index is -1.34. The average Bonchev–Trinajstić information content (AvgIpc) is 2.12. The van der Waals surface area contributed by atoms with E-state index in [1.807, 2.05) is 0 Å². The minimum Gasteiger partial charge on any atom is -0.413 e. The molecule has 11 heavy (non-hydrogen) atoms. The molecule has 2 atom stereocenters. The molecule has 1 aliphatic carbocycles. The monoisotopic (exact) mass is 173 g/mol. The van der Waals surface area contributed by atoms with Crippen LogP contribution in [0.1, 0.15) is 19.3 Å². The van der Waals surface area contributed by atoms with Crippen LogP contribution >= 0.6 is 0 Å². The van der Waals surface area contributed by atoms with Gasteiger partial charge in [-0.15, -0.1) is 0 Å². The van der Waals surface area contributed by atoms with Crippen LogP contribution < -0.4 is 5.73 Å². The Bertz CT molecular complexity index is 133. The number of hydrogen-bond donors (Lipinski definition) is 1. The Balaban J connectivity index is 2.37. The molecular formula is C8H19NOSi. The molecule has 0 aromatic rings. The third kappa shape index (κ3) is 2.93. The van der Waals surface area contributed by atoms with E-state index in [0.717, 1.165) is 6.42 Å². The van der Waals surface area contributed by atoms with Crippen LogP contribution in [-0.2, 0) is 4.43 Å². The zero-order valence-corrected chi connectivity index (χ0v) is 8.76. The van der Waals surface area contributed by atoms with Gasteiger partial charge in [-0.05, 0) is 38.9 Å². The van der Waals surface area contributed by atoms with Crippen molar-refractivity contribution < 1.29 is 4.43 Å². The third-order valence-corrected chi connectivity index (χ3v) is 3.02. The summed E-state index contributed by atoms with van der Waals surface area (Å²) < 4.78 is 5.92. The molecule has 0 amide bonds. The average molecular weight is 173 g/mol. The fourth-order valence-electron chi connectivity index (χ4n) is 1.56. The first-order valence-corrected chi connectivity index (χ1v) is 7.83. The summed E-state index contributed by atoms with van der Waals surface area (Å²) in [4.78, 5) is 0. The highest BCUT2D eigenvalue weighted by atomic mass is 28.4. The summed E-state index contributed by atoms with van der Waals surface area (Å²) >= 11 is 0. The van der Waals surface area contributed by atoms with Crippen LogP contribution in [0.15, 0.2) is 0 Å². The molecule has 2 N–H and O–H groups in total. The fraction of sp³-hybridized carbons (Fsp3) is 1.00. The summed E-state index contributed by atoms with van der Waals surface area (Å²) in [6.45, 7) is 6.66. The molecule has 2 nitrogen and oxygen atoms in total. The summed E-state index contributed by atoms with van der Waals surface area (Å²) in [6.07, 6.45) is 3.93. The molecule has 0 saturated heterocycles. The van der Waals surface area contributed by atoms with Gasteiger partial charge in [0.05, 0.1) is 6.10 Å². The van der Waals surface area contributed by atoms with Gasteiger partial charge in [0.2, 0.25) is 0 Å². The van der Waals surface area contributed by atoms with Crippen molar-refractivity contribution >= 4 is 8.32 Å². The maximum atomic E-state index is 5.92. The Hall–Kier alpha value is 0.137. The van der Waals surface area contributed by atoms with Gasteiger partial charge in [0.25, 0.3) is 0 Å². The number of rotatable bonds is 2. The lowest BCUT2D eigenvalue weighted by Crippen LogP contribution is -2.39. The highest BCUT2D eigenvalue weighted by Gasteiger charge is 2.29. The van der Waals surface area contributed by atoms with Gasteiger partial charge in [0, 0.05) is 6.04 Å². The largest absolute Gasteiger partial charge is 0.413 e. The highest BCUT2D eigenvalue weighted by Crippen LogP contribution is 2.23. The van der Waals surface area contributed by atoms with Gasteiger partial charge in [0.15, 0.2) is 8.32 Å².